The summed E-state index contributed by atoms with van der Waals surface area (Å²) < 4.78 is 5.52. The van der Waals surface area contributed by atoms with E-state index in [1.807, 2.05) is 0 Å². The highest BCUT2D eigenvalue weighted by atomic mass is 32.1. The number of aliphatic hydroxyl groups excluding tert-OH is 1. The molecule has 0 aromatic heterocycles. The fraction of sp³-hybridized carbons (Fsp3) is 0.889. The Morgan fingerprint density at radius 3 is 2.37 bits per heavy atom. The number of carboxylic acids is 1. The average Bonchev–Trinajstić information content (AvgIpc) is 2.65. The molecule has 0 saturated heterocycles. The van der Waals surface area contributed by atoms with E-state index < -0.39 is 17.9 Å². The quantitative estimate of drug-likeness (QED) is 0.139. The molecule has 1 amide bonds. The lowest BCUT2D eigenvalue weighted by Crippen LogP contribution is -2.58. The molecule has 0 spiro atoms. The van der Waals surface area contributed by atoms with Crippen molar-refractivity contribution < 1.29 is 24.5 Å². The van der Waals surface area contributed by atoms with Gasteiger partial charge in [-0.1, -0.05) is 26.7 Å². The van der Waals surface area contributed by atoms with Crippen LogP contribution in [0, 0.1) is 5.92 Å². The maximum atomic E-state index is 12.6. The molecule has 0 aromatic carbocycles. The molecule has 8 nitrogen and oxygen atoms in total. The third-order valence-corrected chi connectivity index (χ3v) is 4.68. The standard InChI is InChI=1S/C18H37N3O5S/c1-3-4-6-9-26-10-7-5-8-16(23)21(20-11-15(19)13-27)17(18(24)25)14(2)12-22/h14-15,17,20,22,27H,3-13,19H2,1-2H3,(H,24,25)/t14-,15?,17-/m1/s1. The van der Waals surface area contributed by atoms with Crippen molar-refractivity contribution in [1.29, 1.82) is 0 Å². The van der Waals surface area contributed by atoms with Crippen LogP contribution in [0.1, 0.15) is 52.4 Å². The second kappa shape index (κ2) is 16.1. The van der Waals surface area contributed by atoms with Crippen LogP contribution in [-0.4, -0.2) is 71.3 Å². The van der Waals surface area contributed by atoms with E-state index in [-0.39, 0.29) is 31.5 Å². The van der Waals surface area contributed by atoms with Gasteiger partial charge < -0.3 is 20.7 Å². The van der Waals surface area contributed by atoms with Crippen molar-refractivity contribution in [2.45, 2.75) is 64.5 Å². The number of nitrogens with two attached hydrogens (primary N) is 1. The minimum Gasteiger partial charge on any atom is -0.480 e. The number of unbranched alkanes of at least 4 members (excludes halogenated alkanes) is 3. The van der Waals surface area contributed by atoms with E-state index in [1.165, 1.54) is 0 Å². The van der Waals surface area contributed by atoms with Crippen LogP contribution in [0.3, 0.4) is 0 Å². The van der Waals surface area contributed by atoms with Crippen molar-refractivity contribution >= 4 is 24.5 Å². The van der Waals surface area contributed by atoms with Crippen molar-refractivity contribution in [2.75, 3.05) is 32.1 Å². The van der Waals surface area contributed by atoms with E-state index in [2.05, 4.69) is 25.0 Å². The maximum absolute atomic E-state index is 12.6. The number of nitrogens with one attached hydrogen (secondary N) is 1. The van der Waals surface area contributed by atoms with Crippen molar-refractivity contribution in [3.8, 4) is 0 Å². The van der Waals surface area contributed by atoms with E-state index in [9.17, 15) is 19.8 Å². The summed E-state index contributed by atoms with van der Waals surface area (Å²) in [5, 5.41) is 20.0. The van der Waals surface area contributed by atoms with E-state index in [0.717, 1.165) is 37.3 Å². The maximum Gasteiger partial charge on any atom is 0.328 e. The molecule has 0 saturated carbocycles. The number of rotatable bonds is 17. The number of ether oxygens (including phenoxy) is 1. The second-order valence-electron chi connectivity index (χ2n) is 6.79. The Bertz CT molecular complexity index is 414. The lowest BCUT2D eigenvalue weighted by molar-refractivity contribution is -0.157. The zero-order valence-corrected chi connectivity index (χ0v) is 17.5. The molecule has 5 N–H and O–H groups in total. The number of nitrogens with zero attached hydrogens (tertiary/aromatic N) is 1. The summed E-state index contributed by atoms with van der Waals surface area (Å²) in [6, 6.07) is -1.49. The Balaban J connectivity index is 4.61. The molecule has 0 fully saturated rings. The van der Waals surface area contributed by atoms with Crippen LogP contribution in [0.5, 0.6) is 0 Å². The first-order chi connectivity index (χ1) is 12.9. The Kier molecular flexibility index (Phi) is 15.6. The molecule has 0 rings (SSSR count). The molecule has 27 heavy (non-hydrogen) atoms. The number of carbonyl (C=O) groups excluding carboxylic acids is 1. The summed E-state index contributed by atoms with van der Waals surface area (Å²) in [5.74, 6) is -1.72. The number of hydrogen-bond acceptors (Lipinski definition) is 7. The van der Waals surface area contributed by atoms with Gasteiger partial charge in [-0.05, 0) is 19.3 Å². The van der Waals surface area contributed by atoms with Gasteiger partial charge in [0.15, 0.2) is 6.04 Å². The topological polar surface area (TPSA) is 125 Å². The predicted molar refractivity (Wildman–Crippen MR) is 109 cm³/mol. The highest BCUT2D eigenvalue weighted by molar-refractivity contribution is 7.80. The first-order valence-corrected chi connectivity index (χ1v) is 10.4. The molecular weight excluding hydrogens is 370 g/mol. The van der Waals surface area contributed by atoms with Crippen LogP contribution >= 0.6 is 12.6 Å². The van der Waals surface area contributed by atoms with E-state index in [1.54, 1.807) is 6.92 Å². The van der Waals surface area contributed by atoms with Gasteiger partial charge in [0.2, 0.25) is 5.91 Å². The zero-order valence-electron chi connectivity index (χ0n) is 16.6. The molecule has 0 aliphatic heterocycles. The van der Waals surface area contributed by atoms with Crippen LogP contribution in [0.15, 0.2) is 0 Å². The van der Waals surface area contributed by atoms with Gasteiger partial charge in [-0.25, -0.2) is 10.2 Å². The Morgan fingerprint density at radius 2 is 1.85 bits per heavy atom. The summed E-state index contributed by atoms with van der Waals surface area (Å²) in [6.07, 6.45) is 4.86. The minimum atomic E-state index is -1.17. The number of amides is 1. The SMILES string of the molecule is CCCCCOCCCCC(=O)N(NCC(N)CS)[C@@H](C(=O)O)[C@H](C)CO. The number of carbonyl (C=O) groups is 2. The molecule has 160 valence electrons. The summed E-state index contributed by atoms with van der Waals surface area (Å²) in [5.41, 5.74) is 8.63. The van der Waals surface area contributed by atoms with Crippen molar-refractivity contribution in [3.05, 3.63) is 0 Å². The van der Waals surface area contributed by atoms with Crippen molar-refractivity contribution in [3.63, 3.8) is 0 Å². The summed E-state index contributed by atoms with van der Waals surface area (Å²) in [7, 11) is 0. The number of thiol groups is 1. The van der Waals surface area contributed by atoms with Crippen molar-refractivity contribution in [2.24, 2.45) is 11.7 Å². The third kappa shape index (κ3) is 11.5. The summed E-state index contributed by atoms with van der Waals surface area (Å²) >= 11 is 4.09. The lowest BCUT2D eigenvalue weighted by atomic mass is 10.0. The van der Waals surface area contributed by atoms with E-state index >= 15 is 0 Å². The fourth-order valence-electron chi connectivity index (χ4n) is 2.49. The van der Waals surface area contributed by atoms with Crippen LogP contribution < -0.4 is 11.2 Å². The third-order valence-electron chi connectivity index (χ3n) is 4.21. The van der Waals surface area contributed by atoms with Gasteiger partial charge in [0.1, 0.15) is 0 Å². The lowest BCUT2D eigenvalue weighted by Gasteiger charge is -2.33. The second-order valence-corrected chi connectivity index (χ2v) is 7.15. The van der Waals surface area contributed by atoms with Crippen LogP contribution in [0.4, 0.5) is 0 Å². The number of hydrazine groups is 1. The zero-order chi connectivity index (χ0) is 20.7. The summed E-state index contributed by atoms with van der Waals surface area (Å²) in [4.78, 5) is 24.3. The first kappa shape index (κ1) is 26.1. The predicted octanol–water partition coefficient (Wildman–Crippen LogP) is 1.04. The number of aliphatic carboxylic acids is 1. The Morgan fingerprint density at radius 1 is 1.22 bits per heavy atom. The Hall–Kier alpha value is -0.870. The van der Waals surface area contributed by atoms with Crippen LogP contribution in [0.2, 0.25) is 0 Å². The first-order valence-electron chi connectivity index (χ1n) is 9.72. The number of aliphatic hydroxyl groups is 1. The van der Waals surface area contributed by atoms with Crippen LogP contribution in [-0.2, 0) is 14.3 Å². The molecule has 0 radical (unpaired) electrons. The normalized spacial score (nSPS) is 14.6. The monoisotopic (exact) mass is 407 g/mol. The molecular formula is C18H37N3O5S. The smallest absolute Gasteiger partial charge is 0.328 e. The average molecular weight is 408 g/mol. The highest BCUT2D eigenvalue weighted by Gasteiger charge is 2.34. The molecule has 3 atom stereocenters. The van der Waals surface area contributed by atoms with E-state index in [4.69, 9.17) is 10.5 Å². The van der Waals surface area contributed by atoms with Gasteiger partial charge in [0, 0.05) is 50.5 Å². The van der Waals surface area contributed by atoms with Gasteiger partial charge in [-0.3, -0.25) is 9.80 Å². The molecule has 0 aliphatic rings. The summed E-state index contributed by atoms with van der Waals surface area (Å²) in [6.45, 7) is 4.92. The largest absolute Gasteiger partial charge is 0.480 e. The van der Waals surface area contributed by atoms with Crippen LogP contribution in [0.25, 0.3) is 0 Å². The van der Waals surface area contributed by atoms with Gasteiger partial charge in [-0.15, -0.1) is 0 Å². The van der Waals surface area contributed by atoms with Gasteiger partial charge in [-0.2, -0.15) is 12.6 Å². The van der Waals surface area contributed by atoms with Gasteiger partial charge in [0.05, 0.1) is 0 Å². The molecule has 0 aliphatic carbocycles. The fourth-order valence-corrected chi connectivity index (χ4v) is 2.62. The molecule has 9 heteroatoms. The number of hydrogen-bond donors (Lipinski definition) is 5. The molecule has 1 unspecified atom stereocenters. The Labute approximate surface area is 168 Å². The molecule has 0 bridgehead atoms. The molecule has 0 aromatic rings. The van der Waals surface area contributed by atoms with Crippen molar-refractivity contribution in [1.82, 2.24) is 10.4 Å². The van der Waals surface area contributed by atoms with Gasteiger partial charge >= 0.3 is 5.97 Å². The molecule has 0 heterocycles. The minimum absolute atomic E-state index is 0.198. The van der Waals surface area contributed by atoms with E-state index in [0.29, 0.717) is 18.8 Å². The highest BCUT2D eigenvalue weighted by Crippen LogP contribution is 2.13. The number of carboxylic acid groups (broad SMARTS) is 1. The van der Waals surface area contributed by atoms with Gasteiger partial charge in [0.25, 0.3) is 0 Å².